The Morgan fingerprint density at radius 1 is 1.10 bits per heavy atom. The van der Waals surface area contributed by atoms with Gasteiger partial charge in [-0.25, -0.2) is 4.79 Å². The maximum absolute atomic E-state index is 12.9. The van der Waals surface area contributed by atoms with Gasteiger partial charge < -0.3 is 19.3 Å². The standard InChI is InChI=1S/C23H23ClN2O4/c1-14-18-6-7-20(27)15(2)22(18)30-23(29)19(14)13-21(28)26-10-8-25(9-11-26)17-5-3-4-16(24)12-17/h3-7,12,27H,8-11,13H2,1-2H3. The minimum atomic E-state index is -0.528. The lowest BCUT2D eigenvalue weighted by molar-refractivity contribution is -0.130. The number of aryl methyl sites for hydroxylation is 2. The SMILES string of the molecule is Cc1c(CC(=O)N2CCN(c3cccc(Cl)c3)CC2)c(=O)oc2c(C)c(O)ccc12. The van der Waals surface area contributed by atoms with E-state index in [0.717, 1.165) is 16.6 Å². The highest BCUT2D eigenvalue weighted by Crippen LogP contribution is 2.28. The van der Waals surface area contributed by atoms with Crippen LogP contribution in [0.1, 0.15) is 16.7 Å². The third-order valence-corrected chi connectivity index (χ3v) is 6.04. The van der Waals surface area contributed by atoms with Crippen LogP contribution in [0.15, 0.2) is 45.6 Å². The molecule has 0 spiro atoms. The van der Waals surface area contributed by atoms with E-state index in [2.05, 4.69) is 4.90 Å². The molecule has 0 bridgehead atoms. The second kappa shape index (κ2) is 8.03. The van der Waals surface area contributed by atoms with Crippen molar-refractivity contribution in [3.63, 3.8) is 0 Å². The molecule has 1 aliphatic heterocycles. The van der Waals surface area contributed by atoms with E-state index < -0.39 is 5.63 Å². The van der Waals surface area contributed by atoms with Crippen molar-refractivity contribution in [2.24, 2.45) is 0 Å². The van der Waals surface area contributed by atoms with Crippen molar-refractivity contribution in [1.29, 1.82) is 0 Å². The normalized spacial score (nSPS) is 14.4. The van der Waals surface area contributed by atoms with Crippen LogP contribution in [0.25, 0.3) is 11.0 Å². The van der Waals surface area contributed by atoms with Gasteiger partial charge in [-0.2, -0.15) is 0 Å². The quantitative estimate of drug-likeness (QED) is 0.647. The van der Waals surface area contributed by atoms with Crippen LogP contribution in [-0.2, 0) is 11.2 Å². The number of hydrogen-bond donors (Lipinski definition) is 1. The van der Waals surface area contributed by atoms with Crippen LogP contribution in [-0.4, -0.2) is 42.1 Å². The van der Waals surface area contributed by atoms with Crippen LogP contribution in [0.5, 0.6) is 5.75 Å². The van der Waals surface area contributed by atoms with Crippen LogP contribution >= 0.6 is 11.6 Å². The van der Waals surface area contributed by atoms with E-state index in [1.165, 1.54) is 0 Å². The zero-order valence-electron chi connectivity index (χ0n) is 16.9. The molecule has 0 unspecified atom stereocenters. The molecule has 0 aliphatic carbocycles. The van der Waals surface area contributed by atoms with Gasteiger partial charge in [0, 0.05) is 47.8 Å². The molecule has 30 heavy (non-hydrogen) atoms. The van der Waals surface area contributed by atoms with Crippen LogP contribution in [0.4, 0.5) is 5.69 Å². The van der Waals surface area contributed by atoms with Crippen molar-refractivity contribution >= 4 is 34.2 Å². The molecule has 1 aliphatic rings. The number of phenols is 1. The monoisotopic (exact) mass is 426 g/mol. The van der Waals surface area contributed by atoms with Crippen LogP contribution in [0.2, 0.25) is 5.02 Å². The van der Waals surface area contributed by atoms with Crippen molar-refractivity contribution in [2.75, 3.05) is 31.1 Å². The zero-order chi connectivity index (χ0) is 21.4. The number of carbonyl (C=O) groups excluding carboxylic acids is 1. The number of nitrogens with zero attached hydrogens (tertiary/aromatic N) is 2. The molecule has 0 atom stereocenters. The Kier molecular flexibility index (Phi) is 5.43. The second-order valence-electron chi connectivity index (χ2n) is 7.60. The Balaban J connectivity index is 1.50. The first kappa shape index (κ1) is 20.3. The van der Waals surface area contributed by atoms with E-state index in [9.17, 15) is 14.7 Å². The number of phenolic OH excluding ortho intramolecular Hbond substituents is 1. The summed E-state index contributed by atoms with van der Waals surface area (Å²) < 4.78 is 5.45. The number of hydrogen-bond acceptors (Lipinski definition) is 5. The summed E-state index contributed by atoms with van der Waals surface area (Å²) >= 11 is 6.08. The van der Waals surface area contributed by atoms with E-state index in [1.807, 2.05) is 31.2 Å². The molecule has 7 heteroatoms. The van der Waals surface area contributed by atoms with Gasteiger partial charge in [-0.1, -0.05) is 17.7 Å². The molecular weight excluding hydrogens is 404 g/mol. The maximum Gasteiger partial charge on any atom is 0.340 e. The van der Waals surface area contributed by atoms with Gasteiger partial charge in [0.2, 0.25) is 5.91 Å². The molecule has 2 aromatic carbocycles. The summed E-state index contributed by atoms with van der Waals surface area (Å²) in [6.45, 7) is 6.08. The van der Waals surface area contributed by atoms with Gasteiger partial charge in [0.1, 0.15) is 11.3 Å². The molecule has 1 fully saturated rings. The fourth-order valence-electron chi connectivity index (χ4n) is 3.93. The van der Waals surface area contributed by atoms with Gasteiger partial charge >= 0.3 is 5.63 Å². The van der Waals surface area contributed by atoms with Crippen LogP contribution in [0.3, 0.4) is 0 Å². The molecule has 0 saturated carbocycles. The molecule has 1 N–H and O–H groups in total. The largest absolute Gasteiger partial charge is 0.508 e. The first-order valence-corrected chi connectivity index (χ1v) is 10.3. The third-order valence-electron chi connectivity index (χ3n) is 5.81. The van der Waals surface area contributed by atoms with E-state index in [0.29, 0.717) is 47.9 Å². The first-order valence-electron chi connectivity index (χ1n) is 9.88. The van der Waals surface area contributed by atoms with Crippen molar-refractivity contribution < 1.29 is 14.3 Å². The van der Waals surface area contributed by atoms with Gasteiger partial charge in [-0.3, -0.25) is 4.79 Å². The summed E-state index contributed by atoms with van der Waals surface area (Å²) in [4.78, 5) is 29.4. The summed E-state index contributed by atoms with van der Waals surface area (Å²) in [5, 5.41) is 11.3. The fourth-order valence-corrected chi connectivity index (χ4v) is 4.12. The molecule has 1 amide bonds. The second-order valence-corrected chi connectivity index (χ2v) is 8.04. The molecule has 1 saturated heterocycles. The number of amides is 1. The Labute approximate surface area is 179 Å². The maximum atomic E-state index is 12.9. The number of anilines is 1. The third kappa shape index (κ3) is 3.75. The minimum absolute atomic E-state index is 0.00119. The lowest BCUT2D eigenvalue weighted by Gasteiger charge is -2.36. The summed E-state index contributed by atoms with van der Waals surface area (Å²) in [6.07, 6.45) is 0.00119. The summed E-state index contributed by atoms with van der Waals surface area (Å²) in [5.41, 5.74) is 2.48. The van der Waals surface area contributed by atoms with E-state index in [-0.39, 0.29) is 18.1 Å². The van der Waals surface area contributed by atoms with Gasteiger partial charge in [0.15, 0.2) is 0 Å². The smallest absolute Gasteiger partial charge is 0.340 e. The van der Waals surface area contributed by atoms with Crippen molar-refractivity contribution in [3.8, 4) is 5.75 Å². The van der Waals surface area contributed by atoms with E-state index in [4.69, 9.17) is 16.0 Å². The van der Waals surface area contributed by atoms with Gasteiger partial charge in [-0.15, -0.1) is 0 Å². The number of piperazine rings is 1. The minimum Gasteiger partial charge on any atom is -0.508 e. The number of aromatic hydroxyl groups is 1. The highest BCUT2D eigenvalue weighted by Gasteiger charge is 2.24. The molecular formula is C23H23ClN2O4. The van der Waals surface area contributed by atoms with Crippen LogP contribution in [0, 0.1) is 13.8 Å². The Bertz CT molecular complexity index is 1180. The number of benzene rings is 2. The lowest BCUT2D eigenvalue weighted by atomic mass is 10.0. The molecule has 3 aromatic rings. The molecule has 4 rings (SSSR count). The first-order chi connectivity index (χ1) is 14.3. The van der Waals surface area contributed by atoms with Crippen molar-refractivity contribution in [3.05, 3.63) is 68.5 Å². The fraction of sp³-hybridized carbons (Fsp3) is 0.304. The predicted octanol–water partition coefficient (Wildman–Crippen LogP) is 3.66. The Hall–Kier alpha value is -2.99. The molecule has 1 aromatic heterocycles. The molecule has 6 nitrogen and oxygen atoms in total. The number of carbonyl (C=O) groups is 1. The van der Waals surface area contributed by atoms with Crippen LogP contribution < -0.4 is 10.5 Å². The summed E-state index contributed by atoms with van der Waals surface area (Å²) in [6, 6.07) is 11.0. The molecule has 0 radical (unpaired) electrons. The number of fused-ring (bicyclic) bond motifs is 1. The zero-order valence-corrected chi connectivity index (χ0v) is 17.7. The van der Waals surface area contributed by atoms with E-state index >= 15 is 0 Å². The van der Waals surface area contributed by atoms with Gasteiger partial charge in [0.05, 0.1) is 12.0 Å². The summed E-state index contributed by atoms with van der Waals surface area (Å²) in [5.74, 6) is -0.0163. The van der Waals surface area contributed by atoms with Gasteiger partial charge in [0.25, 0.3) is 0 Å². The lowest BCUT2D eigenvalue weighted by Crippen LogP contribution is -2.49. The van der Waals surface area contributed by atoms with Crippen molar-refractivity contribution in [1.82, 2.24) is 4.90 Å². The average Bonchev–Trinajstić information content (AvgIpc) is 2.74. The number of halogens is 1. The van der Waals surface area contributed by atoms with Crippen molar-refractivity contribution in [2.45, 2.75) is 20.3 Å². The molecule has 156 valence electrons. The van der Waals surface area contributed by atoms with Gasteiger partial charge in [-0.05, 0) is 49.7 Å². The topological polar surface area (TPSA) is 74.0 Å². The predicted molar refractivity (Wildman–Crippen MR) is 118 cm³/mol. The molecule has 2 heterocycles. The average molecular weight is 427 g/mol. The van der Waals surface area contributed by atoms with E-state index in [1.54, 1.807) is 24.0 Å². The Morgan fingerprint density at radius 2 is 1.83 bits per heavy atom. The summed E-state index contributed by atoms with van der Waals surface area (Å²) in [7, 11) is 0. The number of rotatable bonds is 3. The highest BCUT2D eigenvalue weighted by molar-refractivity contribution is 6.30. The Morgan fingerprint density at radius 3 is 2.53 bits per heavy atom. The highest BCUT2D eigenvalue weighted by atomic mass is 35.5.